The second-order valence-corrected chi connectivity index (χ2v) is 8.21. The van der Waals surface area contributed by atoms with Crippen molar-refractivity contribution in [1.29, 1.82) is 0 Å². The van der Waals surface area contributed by atoms with Gasteiger partial charge in [-0.2, -0.15) is 10.2 Å². The van der Waals surface area contributed by atoms with E-state index in [1.165, 1.54) is 12.1 Å². The number of anilines is 1. The molecule has 0 radical (unpaired) electrons. The van der Waals surface area contributed by atoms with Gasteiger partial charge < -0.3 is 5.32 Å². The molecule has 4 aromatic rings. The van der Waals surface area contributed by atoms with Gasteiger partial charge in [0, 0.05) is 28.0 Å². The molecule has 1 N–H and O–H groups in total. The number of halogens is 2. The third-order valence-electron chi connectivity index (χ3n) is 5.21. The third-order valence-corrected chi connectivity index (χ3v) is 5.56. The first-order valence-electron chi connectivity index (χ1n) is 10.2. The van der Waals surface area contributed by atoms with Gasteiger partial charge in [-0.15, -0.1) is 0 Å². The molecule has 0 saturated carbocycles. The monoisotopic (exact) mass is 451 g/mol. The molecule has 2 aromatic carbocycles. The molecule has 1 amide bonds. The Balaban J connectivity index is 1.42. The lowest BCUT2D eigenvalue weighted by atomic mass is 10.1. The van der Waals surface area contributed by atoms with Gasteiger partial charge in [0.25, 0.3) is 5.91 Å². The molecule has 4 rings (SSSR count). The van der Waals surface area contributed by atoms with Crippen molar-refractivity contribution in [1.82, 2.24) is 19.6 Å². The number of aromatic nitrogens is 4. The van der Waals surface area contributed by atoms with E-state index in [0.717, 1.165) is 28.2 Å². The lowest BCUT2D eigenvalue weighted by Gasteiger charge is -2.07. The number of carbonyl (C=O) groups excluding carboxylic acids is 1. The number of aryl methyl sites for hydroxylation is 3. The van der Waals surface area contributed by atoms with Crippen LogP contribution in [-0.4, -0.2) is 25.5 Å². The van der Waals surface area contributed by atoms with Crippen molar-refractivity contribution in [2.75, 3.05) is 5.32 Å². The third kappa shape index (κ3) is 4.89. The summed E-state index contributed by atoms with van der Waals surface area (Å²) in [5.74, 6) is -0.186. The summed E-state index contributed by atoms with van der Waals surface area (Å²) in [6, 6.07) is 15.5. The summed E-state index contributed by atoms with van der Waals surface area (Å²) in [4.78, 5) is 12.7. The van der Waals surface area contributed by atoms with Gasteiger partial charge in [0.15, 0.2) is 5.82 Å². The van der Waals surface area contributed by atoms with E-state index in [-0.39, 0.29) is 11.7 Å². The van der Waals surface area contributed by atoms with Gasteiger partial charge in [-0.3, -0.25) is 14.2 Å². The van der Waals surface area contributed by atoms with Gasteiger partial charge in [0.05, 0.1) is 18.8 Å². The highest BCUT2D eigenvalue weighted by Crippen LogP contribution is 2.20. The fourth-order valence-corrected chi connectivity index (χ4v) is 3.73. The molecule has 0 aliphatic rings. The first-order valence-corrected chi connectivity index (χ1v) is 10.6. The minimum Gasteiger partial charge on any atom is -0.305 e. The Bertz CT molecular complexity index is 1280. The van der Waals surface area contributed by atoms with Crippen LogP contribution in [0.2, 0.25) is 5.02 Å². The fraction of sp³-hybridized carbons (Fsp3) is 0.208. The van der Waals surface area contributed by atoms with Gasteiger partial charge in [0.1, 0.15) is 5.82 Å². The van der Waals surface area contributed by atoms with E-state index in [4.69, 9.17) is 11.6 Å². The number of amides is 1. The fourth-order valence-electron chi connectivity index (χ4n) is 3.50. The van der Waals surface area contributed by atoms with Gasteiger partial charge in [-0.05, 0) is 62.2 Å². The topological polar surface area (TPSA) is 64.7 Å². The van der Waals surface area contributed by atoms with Crippen molar-refractivity contribution in [3.63, 3.8) is 0 Å². The Morgan fingerprint density at radius 3 is 2.28 bits per heavy atom. The molecular weight excluding hydrogens is 429 g/mol. The normalized spacial score (nSPS) is 11.0. The van der Waals surface area contributed by atoms with Gasteiger partial charge in [-0.25, -0.2) is 4.39 Å². The van der Waals surface area contributed by atoms with Gasteiger partial charge in [0.2, 0.25) is 0 Å². The minimum absolute atomic E-state index is 0.243. The molecule has 0 spiro atoms. The summed E-state index contributed by atoms with van der Waals surface area (Å²) in [6.07, 6.45) is 0. The van der Waals surface area contributed by atoms with Crippen molar-refractivity contribution >= 4 is 23.3 Å². The van der Waals surface area contributed by atoms with Crippen LogP contribution in [0.5, 0.6) is 0 Å². The van der Waals surface area contributed by atoms with Crippen LogP contribution in [0.3, 0.4) is 0 Å². The number of carbonyl (C=O) groups is 1. The maximum atomic E-state index is 13.3. The average molecular weight is 452 g/mol. The van der Waals surface area contributed by atoms with E-state index in [1.807, 2.05) is 43.7 Å². The van der Waals surface area contributed by atoms with Crippen molar-refractivity contribution < 1.29 is 9.18 Å². The number of hydrogen-bond donors (Lipinski definition) is 1. The van der Waals surface area contributed by atoms with E-state index < -0.39 is 0 Å². The second kappa shape index (κ2) is 8.96. The summed E-state index contributed by atoms with van der Waals surface area (Å²) >= 11 is 6.12. The second-order valence-electron chi connectivity index (χ2n) is 7.80. The first kappa shape index (κ1) is 21.8. The number of benzene rings is 2. The first-order chi connectivity index (χ1) is 15.3. The Morgan fingerprint density at radius 2 is 1.62 bits per heavy atom. The van der Waals surface area contributed by atoms with Crippen LogP contribution in [0.15, 0.2) is 54.6 Å². The van der Waals surface area contributed by atoms with Crippen LogP contribution in [-0.2, 0) is 13.1 Å². The Morgan fingerprint density at radius 1 is 0.938 bits per heavy atom. The zero-order valence-electron chi connectivity index (χ0n) is 18.1. The molecule has 2 aromatic heterocycles. The van der Waals surface area contributed by atoms with E-state index in [9.17, 15) is 9.18 Å². The Hall–Kier alpha value is -3.45. The van der Waals surface area contributed by atoms with E-state index in [2.05, 4.69) is 15.5 Å². The standard InChI is InChI=1S/C24H23ClFN5O/c1-15-10-16(2)30(28-15)13-18-4-6-19(7-5-18)24(32)27-23-11-17(3)31(29-23)14-20-8-9-21(26)12-22(20)25/h4-12H,13-14H2,1-3H3,(H,27,29,32). The van der Waals surface area contributed by atoms with Gasteiger partial charge in [-0.1, -0.05) is 29.8 Å². The zero-order chi connectivity index (χ0) is 22.8. The van der Waals surface area contributed by atoms with E-state index in [1.54, 1.807) is 28.9 Å². The molecule has 2 heterocycles. The van der Waals surface area contributed by atoms with Crippen LogP contribution >= 0.6 is 11.6 Å². The minimum atomic E-state index is -0.384. The van der Waals surface area contributed by atoms with Crippen molar-refractivity contribution in [3.8, 4) is 0 Å². The highest BCUT2D eigenvalue weighted by molar-refractivity contribution is 6.31. The molecule has 0 unspecified atom stereocenters. The summed E-state index contributed by atoms with van der Waals surface area (Å²) in [6.45, 7) is 6.90. The molecule has 0 atom stereocenters. The molecule has 0 aliphatic carbocycles. The largest absolute Gasteiger partial charge is 0.305 e. The predicted octanol–water partition coefficient (Wildman–Crippen LogP) is 5.15. The highest BCUT2D eigenvalue weighted by atomic mass is 35.5. The number of nitrogens with one attached hydrogen (secondary N) is 1. The molecule has 6 nitrogen and oxygen atoms in total. The summed E-state index contributed by atoms with van der Waals surface area (Å²) in [7, 11) is 0. The Labute approximate surface area is 190 Å². The Kier molecular flexibility index (Phi) is 6.10. The zero-order valence-corrected chi connectivity index (χ0v) is 18.8. The maximum absolute atomic E-state index is 13.3. The molecule has 0 fully saturated rings. The molecule has 0 bridgehead atoms. The number of hydrogen-bond acceptors (Lipinski definition) is 3. The summed E-state index contributed by atoms with van der Waals surface area (Å²) < 4.78 is 16.9. The van der Waals surface area contributed by atoms with E-state index in [0.29, 0.717) is 29.5 Å². The quantitative estimate of drug-likeness (QED) is 0.441. The van der Waals surface area contributed by atoms with Crippen molar-refractivity contribution in [2.24, 2.45) is 0 Å². The molecule has 0 saturated heterocycles. The van der Waals surface area contributed by atoms with Crippen molar-refractivity contribution in [3.05, 3.63) is 99.2 Å². The van der Waals surface area contributed by atoms with Crippen LogP contribution in [0.1, 0.15) is 38.6 Å². The molecule has 164 valence electrons. The number of nitrogens with zero attached hydrogens (tertiary/aromatic N) is 4. The van der Waals surface area contributed by atoms with Crippen LogP contribution in [0, 0.1) is 26.6 Å². The van der Waals surface area contributed by atoms with Gasteiger partial charge >= 0.3 is 0 Å². The lowest BCUT2D eigenvalue weighted by molar-refractivity contribution is 0.102. The average Bonchev–Trinajstić information content (AvgIpc) is 3.24. The predicted molar refractivity (Wildman–Crippen MR) is 123 cm³/mol. The van der Waals surface area contributed by atoms with Crippen LogP contribution < -0.4 is 5.32 Å². The van der Waals surface area contributed by atoms with Crippen LogP contribution in [0.4, 0.5) is 10.2 Å². The maximum Gasteiger partial charge on any atom is 0.256 e. The smallest absolute Gasteiger partial charge is 0.256 e. The summed E-state index contributed by atoms with van der Waals surface area (Å²) in [5.41, 5.74) is 5.27. The lowest BCUT2D eigenvalue weighted by Crippen LogP contribution is -2.13. The molecule has 32 heavy (non-hydrogen) atoms. The van der Waals surface area contributed by atoms with Crippen LogP contribution in [0.25, 0.3) is 0 Å². The summed E-state index contributed by atoms with van der Waals surface area (Å²) in [5, 5.41) is 12.1. The highest BCUT2D eigenvalue weighted by Gasteiger charge is 2.12. The SMILES string of the molecule is Cc1cc(C)n(Cc2ccc(C(=O)Nc3cc(C)n(Cc4ccc(F)cc4Cl)n3)cc2)n1. The molecule has 0 aliphatic heterocycles. The van der Waals surface area contributed by atoms with Crippen molar-refractivity contribution in [2.45, 2.75) is 33.9 Å². The molecular formula is C24H23ClFN5O. The number of rotatable bonds is 6. The molecule has 8 heteroatoms. The van der Waals surface area contributed by atoms with E-state index >= 15 is 0 Å².